The molecule has 4 aromatic rings. The number of carbonyl (C=O) groups excluding carboxylic acids is 1. The Morgan fingerprint density at radius 3 is 2.43 bits per heavy atom. The Kier molecular flexibility index (Phi) is 7.45. The van der Waals surface area contributed by atoms with Crippen molar-refractivity contribution in [1.82, 2.24) is 9.55 Å². The van der Waals surface area contributed by atoms with Crippen LogP contribution in [0.2, 0.25) is 0 Å². The average Bonchev–Trinajstić information content (AvgIpc) is 3.46. The van der Waals surface area contributed by atoms with Gasteiger partial charge in [-0.2, -0.15) is 0 Å². The fraction of sp³-hybridized carbons (Fsp3) is 0.355. The van der Waals surface area contributed by atoms with E-state index >= 15 is 0 Å². The first-order valence-corrected chi connectivity index (χ1v) is 13.2. The van der Waals surface area contributed by atoms with Crippen LogP contribution < -0.4 is 14.4 Å². The van der Waals surface area contributed by atoms with Gasteiger partial charge in [0.1, 0.15) is 17.3 Å². The van der Waals surface area contributed by atoms with Crippen molar-refractivity contribution >= 4 is 22.6 Å². The standard InChI is InChI=1S/C31H35N3O3/c1-4-36-26-16-14-25(15-17-26)34-21-24(20-29(34)35)31-32-27-12-5-6-13-28(27)33(31)18-7-8-19-37-30-22(2)10-9-11-23(30)3/h5-6,9-17,24H,4,7-8,18-21H2,1-3H3. The van der Waals surface area contributed by atoms with E-state index in [2.05, 4.69) is 54.8 Å². The van der Waals surface area contributed by atoms with E-state index in [9.17, 15) is 4.79 Å². The molecule has 0 saturated carbocycles. The van der Waals surface area contributed by atoms with Gasteiger partial charge >= 0.3 is 0 Å². The number of para-hydroxylation sites is 3. The van der Waals surface area contributed by atoms with Crippen molar-refractivity contribution in [2.24, 2.45) is 0 Å². The van der Waals surface area contributed by atoms with E-state index in [1.165, 1.54) is 11.1 Å². The van der Waals surface area contributed by atoms with Gasteiger partial charge in [0.25, 0.3) is 0 Å². The zero-order valence-corrected chi connectivity index (χ0v) is 21.9. The highest BCUT2D eigenvalue weighted by atomic mass is 16.5. The summed E-state index contributed by atoms with van der Waals surface area (Å²) in [6, 6.07) is 22.3. The Labute approximate surface area is 218 Å². The summed E-state index contributed by atoms with van der Waals surface area (Å²) in [6.07, 6.45) is 2.38. The molecule has 3 aromatic carbocycles. The molecule has 5 rings (SSSR count). The third-order valence-corrected chi connectivity index (χ3v) is 7.06. The summed E-state index contributed by atoms with van der Waals surface area (Å²) >= 11 is 0. The van der Waals surface area contributed by atoms with Crippen LogP contribution in [0.15, 0.2) is 66.7 Å². The molecule has 1 saturated heterocycles. The molecule has 1 aromatic heterocycles. The van der Waals surface area contributed by atoms with Crippen LogP contribution >= 0.6 is 0 Å². The number of aryl methyl sites for hydroxylation is 3. The highest BCUT2D eigenvalue weighted by Crippen LogP contribution is 2.34. The van der Waals surface area contributed by atoms with Gasteiger partial charge in [-0.25, -0.2) is 4.98 Å². The average molecular weight is 498 g/mol. The molecule has 0 spiro atoms. The molecule has 0 aliphatic carbocycles. The summed E-state index contributed by atoms with van der Waals surface area (Å²) < 4.78 is 14.0. The monoisotopic (exact) mass is 497 g/mol. The zero-order chi connectivity index (χ0) is 25.8. The summed E-state index contributed by atoms with van der Waals surface area (Å²) in [6.45, 7) is 8.93. The van der Waals surface area contributed by atoms with Gasteiger partial charge in [-0.1, -0.05) is 30.3 Å². The second-order valence-corrected chi connectivity index (χ2v) is 9.72. The van der Waals surface area contributed by atoms with Crippen molar-refractivity contribution in [3.05, 3.63) is 83.7 Å². The van der Waals surface area contributed by atoms with E-state index < -0.39 is 0 Å². The minimum Gasteiger partial charge on any atom is -0.494 e. The van der Waals surface area contributed by atoms with Gasteiger partial charge in [0.2, 0.25) is 5.91 Å². The first kappa shape index (κ1) is 24.9. The normalized spacial score (nSPS) is 15.5. The molecule has 0 radical (unpaired) electrons. The highest BCUT2D eigenvalue weighted by Gasteiger charge is 2.34. The number of benzene rings is 3. The molecule has 2 heterocycles. The maximum atomic E-state index is 13.0. The van der Waals surface area contributed by atoms with Crippen molar-refractivity contribution < 1.29 is 14.3 Å². The van der Waals surface area contributed by atoms with Crippen LogP contribution in [-0.4, -0.2) is 35.2 Å². The number of anilines is 1. The van der Waals surface area contributed by atoms with Crippen LogP contribution in [0.25, 0.3) is 11.0 Å². The maximum absolute atomic E-state index is 13.0. The molecule has 1 aliphatic heterocycles. The number of imidazole rings is 1. The zero-order valence-electron chi connectivity index (χ0n) is 21.9. The molecular formula is C31H35N3O3. The summed E-state index contributed by atoms with van der Waals surface area (Å²) in [5.41, 5.74) is 5.36. The number of aromatic nitrogens is 2. The van der Waals surface area contributed by atoms with E-state index in [1.807, 2.05) is 42.2 Å². The predicted octanol–water partition coefficient (Wildman–Crippen LogP) is 6.43. The number of amides is 1. The second kappa shape index (κ2) is 11.1. The predicted molar refractivity (Wildman–Crippen MR) is 148 cm³/mol. The van der Waals surface area contributed by atoms with Crippen LogP contribution in [-0.2, 0) is 11.3 Å². The lowest BCUT2D eigenvalue weighted by atomic mass is 10.1. The first-order valence-electron chi connectivity index (χ1n) is 13.2. The lowest BCUT2D eigenvalue weighted by Gasteiger charge is -2.18. The molecule has 1 atom stereocenters. The quantitative estimate of drug-likeness (QED) is 0.237. The summed E-state index contributed by atoms with van der Waals surface area (Å²) in [5.74, 6) is 3.00. The number of carbonyl (C=O) groups is 1. The van der Waals surface area contributed by atoms with Gasteiger partial charge in [0.15, 0.2) is 0 Å². The molecule has 6 nitrogen and oxygen atoms in total. The number of fused-ring (bicyclic) bond motifs is 1. The smallest absolute Gasteiger partial charge is 0.227 e. The largest absolute Gasteiger partial charge is 0.494 e. The van der Waals surface area contributed by atoms with Crippen molar-refractivity contribution in [1.29, 1.82) is 0 Å². The minimum absolute atomic E-state index is 0.0531. The fourth-order valence-electron chi connectivity index (χ4n) is 5.23. The Bertz CT molecular complexity index is 1360. The number of unbranched alkanes of at least 4 members (excludes halogenated alkanes) is 1. The second-order valence-electron chi connectivity index (χ2n) is 9.72. The fourth-order valence-corrected chi connectivity index (χ4v) is 5.23. The number of rotatable bonds is 10. The Morgan fingerprint density at radius 1 is 0.919 bits per heavy atom. The van der Waals surface area contributed by atoms with E-state index in [0.29, 0.717) is 26.2 Å². The summed E-state index contributed by atoms with van der Waals surface area (Å²) in [7, 11) is 0. The summed E-state index contributed by atoms with van der Waals surface area (Å²) in [4.78, 5) is 19.9. The number of hydrogen-bond donors (Lipinski definition) is 0. The molecule has 0 bridgehead atoms. The number of nitrogens with zero attached hydrogens (tertiary/aromatic N) is 3. The molecule has 6 heteroatoms. The van der Waals surface area contributed by atoms with Crippen molar-refractivity contribution in [2.45, 2.75) is 52.5 Å². The van der Waals surface area contributed by atoms with Gasteiger partial charge < -0.3 is 18.9 Å². The molecule has 192 valence electrons. The van der Waals surface area contributed by atoms with Gasteiger partial charge in [-0.15, -0.1) is 0 Å². The lowest BCUT2D eigenvalue weighted by molar-refractivity contribution is -0.117. The van der Waals surface area contributed by atoms with Crippen molar-refractivity contribution in [3.63, 3.8) is 0 Å². The Hall–Kier alpha value is -3.80. The van der Waals surface area contributed by atoms with E-state index in [0.717, 1.165) is 53.4 Å². The van der Waals surface area contributed by atoms with Crippen LogP contribution in [0.5, 0.6) is 11.5 Å². The first-order chi connectivity index (χ1) is 18.0. The molecule has 1 aliphatic rings. The topological polar surface area (TPSA) is 56.6 Å². The Balaban J connectivity index is 1.28. The van der Waals surface area contributed by atoms with E-state index in [1.54, 1.807) is 0 Å². The lowest BCUT2D eigenvalue weighted by Crippen LogP contribution is -2.24. The Morgan fingerprint density at radius 2 is 1.68 bits per heavy atom. The van der Waals surface area contributed by atoms with Gasteiger partial charge in [0.05, 0.1) is 24.2 Å². The number of hydrogen-bond acceptors (Lipinski definition) is 4. The summed E-state index contributed by atoms with van der Waals surface area (Å²) in [5, 5.41) is 0. The third-order valence-electron chi connectivity index (χ3n) is 7.06. The minimum atomic E-state index is 0.0531. The molecule has 37 heavy (non-hydrogen) atoms. The van der Waals surface area contributed by atoms with Crippen LogP contribution in [0.1, 0.15) is 49.1 Å². The molecule has 1 unspecified atom stereocenters. The van der Waals surface area contributed by atoms with Crippen molar-refractivity contribution in [3.8, 4) is 11.5 Å². The van der Waals surface area contributed by atoms with Gasteiger partial charge in [-0.05, 0) is 81.1 Å². The van der Waals surface area contributed by atoms with Crippen molar-refractivity contribution in [2.75, 3.05) is 24.7 Å². The van der Waals surface area contributed by atoms with Gasteiger partial charge in [0, 0.05) is 31.1 Å². The molecule has 1 amide bonds. The third kappa shape index (κ3) is 5.33. The molecular weight excluding hydrogens is 462 g/mol. The van der Waals surface area contributed by atoms with Crippen LogP contribution in [0.3, 0.4) is 0 Å². The van der Waals surface area contributed by atoms with E-state index in [-0.39, 0.29) is 11.8 Å². The maximum Gasteiger partial charge on any atom is 0.227 e. The SMILES string of the molecule is CCOc1ccc(N2CC(c3nc4ccccc4n3CCCCOc3c(C)cccc3C)CC2=O)cc1. The highest BCUT2D eigenvalue weighted by molar-refractivity contribution is 5.96. The van der Waals surface area contributed by atoms with Gasteiger partial charge in [-0.3, -0.25) is 4.79 Å². The molecule has 0 N–H and O–H groups in total. The van der Waals surface area contributed by atoms with E-state index in [4.69, 9.17) is 14.5 Å². The van der Waals surface area contributed by atoms with Crippen LogP contribution in [0.4, 0.5) is 5.69 Å². The molecule has 1 fully saturated rings. The number of ether oxygens (including phenoxy) is 2. The van der Waals surface area contributed by atoms with Crippen LogP contribution in [0, 0.1) is 13.8 Å².